The fraction of sp³-hybridized carbons (Fsp3) is 0.259. The Bertz CT molecular complexity index is 1360. The Kier molecular flexibility index (Phi) is 6.01. The number of rotatable bonds is 6. The average Bonchev–Trinajstić information content (AvgIpc) is 3.50. The topological polar surface area (TPSA) is 82.5 Å². The number of aromatic nitrogens is 1. The van der Waals surface area contributed by atoms with Gasteiger partial charge in [-0.25, -0.2) is 4.39 Å². The highest BCUT2D eigenvalue weighted by molar-refractivity contribution is 5.93. The SMILES string of the molecule is CCOC(O)c1ccc(-c2cc3nccc(-c4ccc(N5CC[C@H](F)C5)c(C#N)c4)c3o2)cc1. The van der Waals surface area contributed by atoms with E-state index in [0.717, 1.165) is 22.4 Å². The van der Waals surface area contributed by atoms with Crippen molar-refractivity contribution >= 4 is 16.8 Å². The minimum absolute atomic E-state index is 0.315. The molecule has 6 nitrogen and oxygen atoms in total. The van der Waals surface area contributed by atoms with Crippen LogP contribution in [0.1, 0.15) is 30.8 Å². The van der Waals surface area contributed by atoms with Crippen LogP contribution >= 0.6 is 0 Å². The number of ether oxygens (including phenoxy) is 1. The summed E-state index contributed by atoms with van der Waals surface area (Å²) in [6, 6.07) is 19.0. The lowest BCUT2D eigenvalue weighted by Gasteiger charge is -2.19. The summed E-state index contributed by atoms with van der Waals surface area (Å²) in [4.78, 5) is 6.37. The molecule has 2 atom stereocenters. The van der Waals surface area contributed by atoms with Gasteiger partial charge < -0.3 is 19.2 Å². The predicted octanol–water partition coefficient (Wildman–Crippen LogP) is 5.61. The van der Waals surface area contributed by atoms with Gasteiger partial charge in [0.2, 0.25) is 0 Å². The summed E-state index contributed by atoms with van der Waals surface area (Å²) < 4.78 is 25.1. The lowest BCUT2D eigenvalue weighted by molar-refractivity contribution is -0.0979. The predicted molar refractivity (Wildman–Crippen MR) is 128 cm³/mol. The van der Waals surface area contributed by atoms with Gasteiger partial charge >= 0.3 is 0 Å². The van der Waals surface area contributed by atoms with Gasteiger partial charge in [-0.3, -0.25) is 4.98 Å². The third-order valence-corrected chi connectivity index (χ3v) is 6.12. The van der Waals surface area contributed by atoms with Crippen molar-refractivity contribution in [2.24, 2.45) is 0 Å². The number of aliphatic hydroxyl groups is 1. The summed E-state index contributed by atoms with van der Waals surface area (Å²) >= 11 is 0. The molecule has 1 N–H and O–H groups in total. The number of nitrogens with zero attached hydrogens (tertiary/aromatic N) is 3. The van der Waals surface area contributed by atoms with Gasteiger partial charge in [0.05, 0.1) is 11.3 Å². The van der Waals surface area contributed by atoms with E-state index in [1.54, 1.807) is 18.3 Å². The van der Waals surface area contributed by atoms with Crippen molar-refractivity contribution in [3.05, 3.63) is 71.9 Å². The fourth-order valence-electron chi connectivity index (χ4n) is 4.38. The molecule has 1 fully saturated rings. The van der Waals surface area contributed by atoms with E-state index in [-0.39, 0.29) is 0 Å². The molecular weight excluding hydrogens is 433 g/mol. The molecule has 7 heteroatoms. The molecule has 4 aromatic rings. The smallest absolute Gasteiger partial charge is 0.181 e. The van der Waals surface area contributed by atoms with Crippen molar-refractivity contribution in [1.29, 1.82) is 5.26 Å². The molecule has 2 aromatic carbocycles. The number of halogens is 1. The van der Waals surface area contributed by atoms with E-state index in [0.29, 0.717) is 54.1 Å². The number of aliphatic hydroxyl groups excluding tert-OH is 1. The maximum atomic E-state index is 13.7. The molecule has 1 unspecified atom stereocenters. The zero-order chi connectivity index (χ0) is 23.7. The summed E-state index contributed by atoms with van der Waals surface area (Å²) in [6.45, 7) is 3.17. The second-order valence-corrected chi connectivity index (χ2v) is 8.29. The van der Waals surface area contributed by atoms with Crippen LogP contribution in [0.25, 0.3) is 33.6 Å². The number of furan rings is 1. The van der Waals surface area contributed by atoms with Crippen LogP contribution in [0.3, 0.4) is 0 Å². The molecule has 1 saturated heterocycles. The zero-order valence-corrected chi connectivity index (χ0v) is 18.7. The number of benzene rings is 2. The van der Waals surface area contributed by atoms with E-state index < -0.39 is 12.5 Å². The van der Waals surface area contributed by atoms with E-state index in [9.17, 15) is 14.8 Å². The molecule has 0 saturated carbocycles. The van der Waals surface area contributed by atoms with Crippen LogP contribution in [-0.2, 0) is 4.74 Å². The van der Waals surface area contributed by atoms with Crippen LogP contribution in [0.4, 0.5) is 10.1 Å². The van der Waals surface area contributed by atoms with E-state index in [4.69, 9.17) is 9.15 Å². The van der Waals surface area contributed by atoms with Crippen LogP contribution in [0.15, 0.2) is 65.2 Å². The van der Waals surface area contributed by atoms with Crippen molar-refractivity contribution in [1.82, 2.24) is 4.98 Å². The average molecular weight is 458 g/mol. The summed E-state index contributed by atoms with van der Waals surface area (Å²) in [5, 5.41) is 19.7. The number of alkyl halides is 1. The monoisotopic (exact) mass is 457 g/mol. The summed E-state index contributed by atoms with van der Waals surface area (Å²) in [6.07, 6.45) is 0.381. The minimum Gasteiger partial charge on any atom is -0.454 e. The first kappa shape index (κ1) is 22.1. The van der Waals surface area contributed by atoms with Gasteiger partial charge in [-0.15, -0.1) is 0 Å². The Morgan fingerprint density at radius 1 is 1.21 bits per heavy atom. The summed E-state index contributed by atoms with van der Waals surface area (Å²) in [5.74, 6) is 0.649. The van der Waals surface area contributed by atoms with Gasteiger partial charge in [0.25, 0.3) is 0 Å². The van der Waals surface area contributed by atoms with Gasteiger partial charge in [-0.2, -0.15) is 5.26 Å². The molecule has 34 heavy (non-hydrogen) atoms. The van der Waals surface area contributed by atoms with Crippen LogP contribution in [0.5, 0.6) is 0 Å². The summed E-state index contributed by atoms with van der Waals surface area (Å²) in [7, 11) is 0. The van der Waals surface area contributed by atoms with E-state index >= 15 is 0 Å². The molecule has 0 radical (unpaired) electrons. The summed E-state index contributed by atoms with van der Waals surface area (Å²) in [5.41, 5.74) is 5.76. The first-order valence-electron chi connectivity index (χ1n) is 11.3. The molecule has 5 rings (SSSR count). The number of hydrogen-bond donors (Lipinski definition) is 1. The molecule has 3 heterocycles. The molecule has 0 amide bonds. The van der Waals surface area contributed by atoms with Gasteiger partial charge in [-0.05, 0) is 37.1 Å². The Labute approximate surface area is 196 Å². The van der Waals surface area contributed by atoms with Crippen LogP contribution in [0, 0.1) is 11.3 Å². The van der Waals surface area contributed by atoms with Crippen molar-refractivity contribution in [2.75, 3.05) is 24.6 Å². The van der Waals surface area contributed by atoms with Gasteiger partial charge in [-0.1, -0.05) is 30.3 Å². The third kappa shape index (κ3) is 4.14. The fourth-order valence-corrected chi connectivity index (χ4v) is 4.38. The van der Waals surface area contributed by atoms with Crippen LogP contribution in [-0.4, -0.2) is 36.0 Å². The Balaban J connectivity index is 1.49. The number of pyridine rings is 1. The standard InChI is InChI=1S/C27H24FN3O3/c1-2-33-27(32)18-5-3-17(4-6-18)25-14-23-26(34-25)22(9-11-30-23)19-7-8-24(20(13-19)15-29)31-12-10-21(28)16-31/h3-9,11,13-14,21,27,32H,2,10,12,16H2,1H3/t21-,27?/m0/s1. The Morgan fingerprint density at radius 2 is 2.00 bits per heavy atom. The lowest BCUT2D eigenvalue weighted by Crippen LogP contribution is -2.20. The number of fused-ring (bicyclic) bond motifs is 1. The van der Waals surface area contributed by atoms with Crippen molar-refractivity contribution in [3.8, 4) is 28.5 Å². The normalized spacial score (nSPS) is 16.6. The second-order valence-electron chi connectivity index (χ2n) is 8.29. The molecule has 1 aliphatic heterocycles. The second kappa shape index (κ2) is 9.26. The minimum atomic E-state index is -0.961. The van der Waals surface area contributed by atoms with Crippen LogP contribution in [0.2, 0.25) is 0 Å². The maximum absolute atomic E-state index is 13.7. The largest absolute Gasteiger partial charge is 0.454 e. The molecule has 0 aliphatic carbocycles. The zero-order valence-electron chi connectivity index (χ0n) is 18.7. The highest BCUT2D eigenvalue weighted by atomic mass is 19.1. The van der Waals surface area contributed by atoms with E-state index in [1.165, 1.54) is 0 Å². The van der Waals surface area contributed by atoms with E-state index in [1.807, 2.05) is 54.3 Å². The Morgan fingerprint density at radius 3 is 2.71 bits per heavy atom. The van der Waals surface area contributed by atoms with Gasteiger partial charge in [0, 0.05) is 48.6 Å². The molecule has 0 spiro atoms. The molecule has 1 aliphatic rings. The van der Waals surface area contributed by atoms with E-state index in [2.05, 4.69) is 11.1 Å². The molecule has 172 valence electrons. The van der Waals surface area contributed by atoms with Gasteiger partial charge in [0.15, 0.2) is 11.9 Å². The highest BCUT2D eigenvalue weighted by Gasteiger charge is 2.24. The molecular formula is C27H24FN3O3. The maximum Gasteiger partial charge on any atom is 0.181 e. The van der Waals surface area contributed by atoms with Crippen molar-refractivity contribution in [3.63, 3.8) is 0 Å². The first-order valence-corrected chi connectivity index (χ1v) is 11.3. The molecule has 0 bridgehead atoms. The molecule has 2 aromatic heterocycles. The third-order valence-electron chi connectivity index (χ3n) is 6.12. The van der Waals surface area contributed by atoms with Crippen molar-refractivity contribution < 1.29 is 18.7 Å². The van der Waals surface area contributed by atoms with Gasteiger partial charge in [0.1, 0.15) is 23.5 Å². The number of hydrogen-bond acceptors (Lipinski definition) is 6. The quantitative estimate of drug-likeness (QED) is 0.379. The highest BCUT2D eigenvalue weighted by Crippen LogP contribution is 2.36. The number of nitriles is 1. The first-order chi connectivity index (χ1) is 16.6. The van der Waals surface area contributed by atoms with Crippen molar-refractivity contribution in [2.45, 2.75) is 25.8 Å². The Hall–Kier alpha value is -3.73. The van der Waals surface area contributed by atoms with Crippen LogP contribution < -0.4 is 4.90 Å². The lowest BCUT2D eigenvalue weighted by atomic mass is 10.0. The number of anilines is 1.